The van der Waals surface area contributed by atoms with Crippen LogP contribution < -0.4 is 5.32 Å². The van der Waals surface area contributed by atoms with Crippen LogP contribution in [0, 0.1) is 12.8 Å². The van der Waals surface area contributed by atoms with E-state index in [2.05, 4.69) is 27.4 Å². The predicted molar refractivity (Wildman–Crippen MR) is 80.2 cm³/mol. The van der Waals surface area contributed by atoms with Gasteiger partial charge in [0.05, 0.1) is 5.54 Å². The van der Waals surface area contributed by atoms with Crippen LogP contribution in [0.25, 0.3) is 5.65 Å². The summed E-state index contributed by atoms with van der Waals surface area (Å²) in [7, 11) is 0. The summed E-state index contributed by atoms with van der Waals surface area (Å²) >= 11 is 6.28. The molecule has 0 saturated heterocycles. The molecule has 2 unspecified atom stereocenters. The second-order valence-electron chi connectivity index (χ2n) is 5.96. The maximum Gasteiger partial charge on any atom is 0.203 e. The lowest BCUT2D eigenvalue weighted by atomic mass is 9.77. The molecule has 3 rings (SSSR count). The summed E-state index contributed by atoms with van der Waals surface area (Å²) in [5.74, 6) is 2.92. The molecule has 2 aromatic rings. The van der Waals surface area contributed by atoms with E-state index in [1.807, 2.05) is 17.5 Å². The van der Waals surface area contributed by atoms with Gasteiger partial charge in [-0.1, -0.05) is 19.8 Å². The Hall–Kier alpha value is -1.36. The van der Waals surface area contributed by atoms with E-state index in [1.165, 1.54) is 12.8 Å². The quantitative estimate of drug-likeness (QED) is 0.884. The molecule has 5 nitrogen and oxygen atoms in total. The molecule has 108 valence electrons. The van der Waals surface area contributed by atoms with Gasteiger partial charge in [-0.3, -0.25) is 4.40 Å². The molecule has 1 saturated carbocycles. The van der Waals surface area contributed by atoms with Crippen LogP contribution in [0.3, 0.4) is 0 Å². The first kappa shape index (κ1) is 13.6. The fourth-order valence-corrected chi connectivity index (χ4v) is 3.52. The van der Waals surface area contributed by atoms with Crippen molar-refractivity contribution in [2.75, 3.05) is 11.2 Å². The van der Waals surface area contributed by atoms with Gasteiger partial charge in [0.1, 0.15) is 5.82 Å². The van der Waals surface area contributed by atoms with Crippen LogP contribution in [-0.4, -0.2) is 31.0 Å². The number of rotatable bonds is 3. The zero-order chi connectivity index (χ0) is 14.2. The highest BCUT2D eigenvalue weighted by Crippen LogP contribution is 2.36. The Balaban J connectivity index is 1.95. The van der Waals surface area contributed by atoms with Crippen molar-refractivity contribution in [3.8, 4) is 0 Å². The van der Waals surface area contributed by atoms with Gasteiger partial charge in [0, 0.05) is 18.3 Å². The smallest absolute Gasteiger partial charge is 0.203 e. The van der Waals surface area contributed by atoms with Gasteiger partial charge in [0.15, 0.2) is 5.82 Å². The zero-order valence-electron chi connectivity index (χ0n) is 11.9. The number of nitrogens with zero attached hydrogens (tertiary/aromatic N) is 4. The van der Waals surface area contributed by atoms with Gasteiger partial charge >= 0.3 is 0 Å². The van der Waals surface area contributed by atoms with Gasteiger partial charge in [0.2, 0.25) is 5.65 Å². The summed E-state index contributed by atoms with van der Waals surface area (Å²) in [6.07, 6.45) is 8.30. The lowest BCUT2D eigenvalue weighted by molar-refractivity contribution is 0.279. The van der Waals surface area contributed by atoms with Crippen LogP contribution in [0.4, 0.5) is 5.82 Å². The molecule has 6 heteroatoms. The third kappa shape index (κ3) is 2.35. The van der Waals surface area contributed by atoms with Crippen molar-refractivity contribution >= 4 is 23.1 Å². The third-order valence-corrected chi connectivity index (χ3v) is 4.74. The molecule has 0 amide bonds. The zero-order valence-corrected chi connectivity index (χ0v) is 12.7. The molecule has 0 spiro atoms. The van der Waals surface area contributed by atoms with Crippen LogP contribution in [0.2, 0.25) is 0 Å². The normalized spacial score (nSPS) is 26.9. The Morgan fingerprint density at radius 2 is 2.35 bits per heavy atom. The monoisotopic (exact) mass is 293 g/mol. The lowest BCUT2D eigenvalue weighted by Crippen LogP contribution is -2.44. The molecule has 1 aliphatic carbocycles. The molecule has 0 aromatic carbocycles. The fraction of sp³-hybridized carbons (Fsp3) is 0.643. The Morgan fingerprint density at radius 1 is 1.50 bits per heavy atom. The van der Waals surface area contributed by atoms with Gasteiger partial charge in [0.25, 0.3) is 0 Å². The van der Waals surface area contributed by atoms with E-state index in [1.54, 1.807) is 6.20 Å². The topological polar surface area (TPSA) is 55.1 Å². The number of aryl methyl sites for hydroxylation is 1. The average Bonchev–Trinajstić information content (AvgIpc) is 2.82. The Bertz CT molecular complexity index is 611. The van der Waals surface area contributed by atoms with Crippen molar-refractivity contribution in [2.24, 2.45) is 5.92 Å². The minimum Gasteiger partial charge on any atom is -0.360 e. The van der Waals surface area contributed by atoms with E-state index in [9.17, 15) is 0 Å². The SMILES string of the molecule is Cc1nnc2c(NC3(CCl)CCCC(C)C3)nccn12. The number of anilines is 1. The maximum absolute atomic E-state index is 6.28. The number of hydrogen-bond acceptors (Lipinski definition) is 4. The van der Waals surface area contributed by atoms with Gasteiger partial charge in [-0.25, -0.2) is 4.98 Å². The minimum atomic E-state index is -0.0755. The minimum absolute atomic E-state index is 0.0755. The fourth-order valence-electron chi connectivity index (χ4n) is 3.21. The number of alkyl halides is 1. The average molecular weight is 294 g/mol. The van der Waals surface area contributed by atoms with Gasteiger partial charge in [-0.15, -0.1) is 21.8 Å². The first-order chi connectivity index (χ1) is 9.63. The summed E-state index contributed by atoms with van der Waals surface area (Å²) in [6, 6.07) is 0. The molecule has 1 N–H and O–H groups in total. The second-order valence-corrected chi connectivity index (χ2v) is 6.22. The molecule has 2 aromatic heterocycles. The molecule has 0 radical (unpaired) electrons. The first-order valence-electron chi connectivity index (χ1n) is 7.14. The number of nitrogens with one attached hydrogen (secondary N) is 1. The van der Waals surface area contributed by atoms with Crippen molar-refractivity contribution in [1.82, 2.24) is 19.6 Å². The van der Waals surface area contributed by atoms with E-state index in [0.29, 0.717) is 11.8 Å². The molecule has 1 fully saturated rings. The number of aromatic nitrogens is 4. The molecule has 0 aliphatic heterocycles. The highest BCUT2D eigenvalue weighted by atomic mass is 35.5. The summed E-state index contributed by atoms with van der Waals surface area (Å²) in [5, 5.41) is 11.9. The first-order valence-corrected chi connectivity index (χ1v) is 7.67. The van der Waals surface area contributed by atoms with E-state index in [4.69, 9.17) is 11.6 Å². The van der Waals surface area contributed by atoms with Crippen LogP contribution >= 0.6 is 11.6 Å². The molecule has 2 heterocycles. The maximum atomic E-state index is 6.28. The molecular weight excluding hydrogens is 274 g/mol. The lowest BCUT2D eigenvalue weighted by Gasteiger charge is -2.39. The van der Waals surface area contributed by atoms with Crippen molar-refractivity contribution in [2.45, 2.75) is 45.1 Å². The van der Waals surface area contributed by atoms with Gasteiger partial charge in [-0.05, 0) is 25.7 Å². The van der Waals surface area contributed by atoms with Crippen molar-refractivity contribution in [3.05, 3.63) is 18.2 Å². The molecule has 1 aliphatic rings. The summed E-state index contributed by atoms with van der Waals surface area (Å²) in [5.41, 5.74) is 0.696. The molecular formula is C14H20ClN5. The molecule has 2 atom stereocenters. The summed E-state index contributed by atoms with van der Waals surface area (Å²) < 4.78 is 1.95. The summed E-state index contributed by atoms with van der Waals surface area (Å²) in [6.45, 7) is 4.22. The van der Waals surface area contributed by atoms with E-state index >= 15 is 0 Å². The van der Waals surface area contributed by atoms with Gasteiger partial charge in [-0.2, -0.15) is 0 Å². The van der Waals surface area contributed by atoms with E-state index in [-0.39, 0.29) is 5.54 Å². The second kappa shape index (κ2) is 5.20. The van der Waals surface area contributed by atoms with Crippen LogP contribution in [-0.2, 0) is 0 Å². The number of fused-ring (bicyclic) bond motifs is 1. The number of halogens is 1. The van der Waals surface area contributed by atoms with Crippen LogP contribution in [0.1, 0.15) is 38.4 Å². The van der Waals surface area contributed by atoms with Crippen LogP contribution in [0.15, 0.2) is 12.4 Å². The molecule has 20 heavy (non-hydrogen) atoms. The molecule has 0 bridgehead atoms. The van der Waals surface area contributed by atoms with E-state index in [0.717, 1.165) is 30.1 Å². The Kier molecular flexibility index (Phi) is 3.54. The van der Waals surface area contributed by atoms with Crippen molar-refractivity contribution in [3.63, 3.8) is 0 Å². The Morgan fingerprint density at radius 3 is 3.10 bits per heavy atom. The third-order valence-electron chi connectivity index (χ3n) is 4.23. The summed E-state index contributed by atoms with van der Waals surface area (Å²) in [4.78, 5) is 4.44. The van der Waals surface area contributed by atoms with Crippen molar-refractivity contribution in [1.29, 1.82) is 0 Å². The van der Waals surface area contributed by atoms with Gasteiger partial charge < -0.3 is 5.32 Å². The largest absolute Gasteiger partial charge is 0.360 e. The predicted octanol–water partition coefficient (Wildman–Crippen LogP) is 3.03. The number of hydrogen-bond donors (Lipinski definition) is 1. The van der Waals surface area contributed by atoms with E-state index < -0.39 is 0 Å². The highest BCUT2D eigenvalue weighted by Gasteiger charge is 2.35. The van der Waals surface area contributed by atoms with Crippen LogP contribution in [0.5, 0.6) is 0 Å². The van der Waals surface area contributed by atoms with Crippen molar-refractivity contribution < 1.29 is 0 Å². The Labute approximate surface area is 123 Å². The standard InChI is InChI=1S/C14H20ClN5/c1-10-4-3-5-14(8-10,9-15)17-12-13-19-18-11(2)20(13)7-6-16-12/h6-7,10H,3-5,8-9H2,1-2H3,(H,16,17). The highest BCUT2D eigenvalue weighted by molar-refractivity contribution is 6.18.